The van der Waals surface area contributed by atoms with E-state index < -0.39 is 5.97 Å². The van der Waals surface area contributed by atoms with E-state index in [2.05, 4.69) is 0 Å². The predicted octanol–water partition coefficient (Wildman–Crippen LogP) is 3.85. The van der Waals surface area contributed by atoms with Crippen LogP contribution in [0.25, 0.3) is 0 Å². The van der Waals surface area contributed by atoms with Crippen molar-refractivity contribution >= 4 is 5.97 Å². The van der Waals surface area contributed by atoms with Crippen molar-refractivity contribution < 1.29 is 19.4 Å². The Kier molecular flexibility index (Phi) is 4.40. The van der Waals surface area contributed by atoms with E-state index in [4.69, 9.17) is 9.47 Å². The van der Waals surface area contributed by atoms with E-state index in [0.717, 1.165) is 22.3 Å². The summed E-state index contributed by atoms with van der Waals surface area (Å²) in [6.45, 7) is 7.28. The van der Waals surface area contributed by atoms with Crippen LogP contribution in [0.5, 0.6) is 17.2 Å². The number of carbonyl (C=O) groups excluding carboxylic acids is 1. The monoisotopic (exact) mass is 300 g/mol. The average molecular weight is 300 g/mol. The van der Waals surface area contributed by atoms with Crippen molar-refractivity contribution in [3.05, 3.63) is 52.1 Å². The van der Waals surface area contributed by atoms with Gasteiger partial charge in [-0.15, -0.1) is 0 Å². The molecule has 0 saturated heterocycles. The van der Waals surface area contributed by atoms with Gasteiger partial charge in [0.15, 0.2) is 0 Å². The molecule has 0 fully saturated rings. The molecule has 0 aliphatic rings. The molecule has 0 amide bonds. The van der Waals surface area contributed by atoms with Gasteiger partial charge in [0.05, 0.1) is 12.7 Å². The van der Waals surface area contributed by atoms with Gasteiger partial charge in [0.2, 0.25) is 0 Å². The van der Waals surface area contributed by atoms with E-state index in [-0.39, 0.29) is 5.75 Å². The molecule has 0 aliphatic heterocycles. The highest BCUT2D eigenvalue weighted by atomic mass is 16.5. The lowest BCUT2D eigenvalue weighted by Gasteiger charge is -2.17. The summed E-state index contributed by atoms with van der Waals surface area (Å²) in [7, 11) is 1.57. The first kappa shape index (κ1) is 15.9. The summed E-state index contributed by atoms with van der Waals surface area (Å²) < 4.78 is 10.6. The number of phenols is 1. The fourth-order valence-electron chi connectivity index (χ4n) is 2.29. The Morgan fingerprint density at radius 1 is 0.909 bits per heavy atom. The maximum Gasteiger partial charge on any atom is 0.343 e. The number of hydrogen-bond donors (Lipinski definition) is 1. The number of hydrogen-bond acceptors (Lipinski definition) is 4. The Labute approximate surface area is 130 Å². The fourth-order valence-corrected chi connectivity index (χ4v) is 2.29. The highest BCUT2D eigenvalue weighted by Crippen LogP contribution is 2.36. The van der Waals surface area contributed by atoms with E-state index >= 15 is 0 Å². The first-order chi connectivity index (χ1) is 10.4. The molecule has 0 aliphatic carbocycles. The van der Waals surface area contributed by atoms with Gasteiger partial charge in [-0.05, 0) is 74.2 Å². The smallest absolute Gasteiger partial charge is 0.343 e. The normalized spacial score (nSPS) is 10.4. The van der Waals surface area contributed by atoms with Gasteiger partial charge in [-0.2, -0.15) is 0 Å². The first-order valence-corrected chi connectivity index (χ1v) is 7.02. The molecule has 0 radical (unpaired) electrons. The maximum atomic E-state index is 12.3. The molecule has 2 rings (SSSR count). The van der Waals surface area contributed by atoms with Crippen LogP contribution in [0.4, 0.5) is 0 Å². The second-order valence-corrected chi connectivity index (χ2v) is 5.30. The van der Waals surface area contributed by atoms with Crippen molar-refractivity contribution in [3.63, 3.8) is 0 Å². The van der Waals surface area contributed by atoms with Crippen LogP contribution in [0, 0.1) is 27.7 Å². The topological polar surface area (TPSA) is 55.8 Å². The second kappa shape index (κ2) is 6.10. The molecule has 0 saturated carbocycles. The molecule has 0 unspecified atom stereocenters. The highest BCUT2D eigenvalue weighted by molar-refractivity contribution is 5.91. The second-order valence-electron chi connectivity index (χ2n) is 5.30. The molecule has 4 nitrogen and oxygen atoms in total. The van der Waals surface area contributed by atoms with Gasteiger partial charge in [0.1, 0.15) is 17.2 Å². The lowest BCUT2D eigenvalue weighted by molar-refractivity contribution is 0.0732. The molecule has 22 heavy (non-hydrogen) atoms. The van der Waals surface area contributed by atoms with Gasteiger partial charge >= 0.3 is 5.97 Å². The Bertz CT molecular complexity index is 686. The molecule has 4 heteroatoms. The van der Waals surface area contributed by atoms with Crippen molar-refractivity contribution in [2.75, 3.05) is 7.11 Å². The summed E-state index contributed by atoms with van der Waals surface area (Å²) in [4.78, 5) is 12.3. The van der Waals surface area contributed by atoms with Gasteiger partial charge in [0.25, 0.3) is 0 Å². The SMILES string of the molecule is COc1ccc(C(=O)Oc2c(C)c(C)c(O)c(C)c2C)cc1. The summed E-state index contributed by atoms with van der Waals surface area (Å²) in [5.41, 5.74) is 3.43. The summed E-state index contributed by atoms with van der Waals surface area (Å²) in [6.07, 6.45) is 0. The molecule has 116 valence electrons. The molecule has 0 bridgehead atoms. The number of phenolic OH excluding ortho intramolecular Hbond substituents is 1. The molecular weight excluding hydrogens is 280 g/mol. The van der Waals surface area contributed by atoms with Crippen molar-refractivity contribution in [2.24, 2.45) is 0 Å². The molecule has 0 aromatic heterocycles. The van der Waals surface area contributed by atoms with Crippen molar-refractivity contribution in [3.8, 4) is 17.2 Å². The quantitative estimate of drug-likeness (QED) is 0.691. The van der Waals surface area contributed by atoms with E-state index in [0.29, 0.717) is 17.1 Å². The van der Waals surface area contributed by atoms with Crippen molar-refractivity contribution in [1.82, 2.24) is 0 Å². The number of ether oxygens (including phenoxy) is 2. The van der Waals surface area contributed by atoms with Crippen LogP contribution in [0.2, 0.25) is 0 Å². The molecular formula is C18H20O4. The predicted molar refractivity (Wildman–Crippen MR) is 85.0 cm³/mol. The number of benzene rings is 2. The largest absolute Gasteiger partial charge is 0.507 e. The van der Waals surface area contributed by atoms with Gasteiger partial charge in [-0.1, -0.05) is 0 Å². The van der Waals surface area contributed by atoms with Crippen molar-refractivity contribution in [2.45, 2.75) is 27.7 Å². The minimum absolute atomic E-state index is 0.249. The number of rotatable bonds is 3. The summed E-state index contributed by atoms with van der Waals surface area (Å²) >= 11 is 0. The summed E-state index contributed by atoms with van der Waals surface area (Å²) in [5, 5.41) is 10.0. The van der Waals surface area contributed by atoms with E-state index in [1.165, 1.54) is 0 Å². The van der Waals surface area contributed by atoms with E-state index in [1.54, 1.807) is 31.4 Å². The van der Waals surface area contributed by atoms with Gasteiger partial charge in [-0.3, -0.25) is 0 Å². The third kappa shape index (κ3) is 2.77. The third-order valence-electron chi connectivity index (χ3n) is 4.04. The Balaban J connectivity index is 2.36. The summed E-state index contributed by atoms with van der Waals surface area (Å²) in [5.74, 6) is 1.01. The van der Waals surface area contributed by atoms with Gasteiger partial charge < -0.3 is 14.6 Å². The molecule has 0 heterocycles. The molecule has 0 atom stereocenters. The molecule has 2 aromatic carbocycles. The van der Waals surface area contributed by atoms with Gasteiger partial charge in [0, 0.05) is 0 Å². The van der Waals surface area contributed by atoms with Gasteiger partial charge in [-0.25, -0.2) is 4.79 Å². The van der Waals surface area contributed by atoms with Crippen molar-refractivity contribution in [1.29, 1.82) is 0 Å². The van der Waals surface area contributed by atoms with E-state index in [9.17, 15) is 9.90 Å². The van der Waals surface area contributed by atoms with E-state index in [1.807, 2.05) is 27.7 Å². The zero-order valence-corrected chi connectivity index (χ0v) is 13.5. The van der Waals surface area contributed by atoms with Crippen LogP contribution in [-0.2, 0) is 0 Å². The Morgan fingerprint density at radius 2 is 1.41 bits per heavy atom. The lowest BCUT2D eigenvalue weighted by Crippen LogP contribution is -2.11. The van der Waals surface area contributed by atoms with Crippen LogP contribution in [0.15, 0.2) is 24.3 Å². The van der Waals surface area contributed by atoms with Crippen LogP contribution in [-0.4, -0.2) is 18.2 Å². The molecule has 0 spiro atoms. The number of carbonyl (C=O) groups is 1. The maximum absolute atomic E-state index is 12.3. The first-order valence-electron chi connectivity index (χ1n) is 7.02. The highest BCUT2D eigenvalue weighted by Gasteiger charge is 2.18. The van der Waals surface area contributed by atoms with Crippen LogP contribution >= 0.6 is 0 Å². The minimum Gasteiger partial charge on any atom is -0.507 e. The standard InChI is InChI=1S/C18H20O4/c1-10-12(3)17(13(4)11(2)16(10)19)22-18(20)14-6-8-15(21-5)9-7-14/h6-9,19H,1-5H3. The number of methoxy groups -OCH3 is 1. The summed E-state index contributed by atoms with van der Waals surface area (Å²) in [6, 6.07) is 6.74. The third-order valence-corrected chi connectivity index (χ3v) is 4.04. The van der Waals surface area contributed by atoms with Crippen LogP contribution in [0.3, 0.4) is 0 Å². The molecule has 1 N–H and O–H groups in total. The van der Waals surface area contributed by atoms with Crippen LogP contribution < -0.4 is 9.47 Å². The number of aromatic hydroxyl groups is 1. The zero-order chi connectivity index (χ0) is 16.4. The Morgan fingerprint density at radius 3 is 1.86 bits per heavy atom. The Hall–Kier alpha value is -2.49. The molecule has 2 aromatic rings. The lowest BCUT2D eigenvalue weighted by atomic mass is 9.98. The average Bonchev–Trinajstić information content (AvgIpc) is 2.55. The number of esters is 1. The zero-order valence-electron chi connectivity index (χ0n) is 13.5. The minimum atomic E-state index is -0.432. The fraction of sp³-hybridized carbons (Fsp3) is 0.278. The van der Waals surface area contributed by atoms with Crippen LogP contribution in [0.1, 0.15) is 32.6 Å².